The van der Waals surface area contributed by atoms with E-state index in [1.807, 2.05) is 18.2 Å². The molecule has 0 radical (unpaired) electrons. The van der Waals surface area contributed by atoms with Gasteiger partial charge in [-0.3, -0.25) is 4.98 Å². The third-order valence-electron chi connectivity index (χ3n) is 2.55. The second-order valence-electron chi connectivity index (χ2n) is 3.94. The van der Waals surface area contributed by atoms with Gasteiger partial charge in [-0.25, -0.2) is 4.79 Å². The first-order valence-corrected chi connectivity index (χ1v) is 6.16. The lowest BCUT2D eigenvalue weighted by Gasteiger charge is -2.07. The average Bonchev–Trinajstić information content (AvgIpc) is 2.39. The fraction of sp³-hybridized carbons (Fsp3) is 0.143. The van der Waals surface area contributed by atoms with Crippen LogP contribution in [0.1, 0.15) is 16.1 Å². The predicted octanol–water partition coefficient (Wildman–Crippen LogP) is 2.72. The molecule has 0 saturated carbocycles. The summed E-state index contributed by atoms with van der Waals surface area (Å²) in [6.07, 6.45) is 2.27. The first kappa shape index (κ1) is 13.4. The third-order valence-corrected chi connectivity index (χ3v) is 2.79. The Morgan fingerprint density at radius 2 is 2.16 bits per heavy atom. The SMILES string of the molecule is Nc1cc(Cl)ccc1C(=O)OCCc1ccccn1. The predicted molar refractivity (Wildman–Crippen MR) is 74.1 cm³/mol. The van der Waals surface area contributed by atoms with Gasteiger partial charge in [-0.2, -0.15) is 0 Å². The maximum Gasteiger partial charge on any atom is 0.340 e. The smallest absolute Gasteiger partial charge is 0.340 e. The number of benzene rings is 1. The van der Waals surface area contributed by atoms with Gasteiger partial charge in [-0.15, -0.1) is 0 Å². The minimum atomic E-state index is -0.454. The van der Waals surface area contributed by atoms with Crippen LogP contribution in [0.25, 0.3) is 0 Å². The van der Waals surface area contributed by atoms with Gasteiger partial charge in [-0.05, 0) is 30.3 Å². The summed E-state index contributed by atoms with van der Waals surface area (Å²) in [5.74, 6) is -0.454. The first-order chi connectivity index (χ1) is 9.16. The molecule has 1 aromatic heterocycles. The molecular weight excluding hydrogens is 264 g/mol. The number of aromatic nitrogens is 1. The number of anilines is 1. The Kier molecular flexibility index (Phi) is 4.36. The van der Waals surface area contributed by atoms with Gasteiger partial charge in [-0.1, -0.05) is 17.7 Å². The van der Waals surface area contributed by atoms with E-state index >= 15 is 0 Å². The number of ether oxygens (including phenoxy) is 1. The van der Waals surface area contributed by atoms with Gasteiger partial charge >= 0.3 is 5.97 Å². The standard InChI is InChI=1S/C14H13ClN2O2/c15-10-4-5-12(13(16)9-10)14(18)19-8-6-11-3-1-2-7-17-11/h1-5,7,9H,6,8,16H2. The van der Waals surface area contributed by atoms with E-state index in [0.717, 1.165) is 5.69 Å². The van der Waals surface area contributed by atoms with Crippen molar-refractivity contribution in [2.75, 3.05) is 12.3 Å². The van der Waals surface area contributed by atoms with Gasteiger partial charge in [0, 0.05) is 29.0 Å². The number of carbonyl (C=O) groups is 1. The van der Waals surface area contributed by atoms with Crippen molar-refractivity contribution in [3.05, 3.63) is 58.9 Å². The summed E-state index contributed by atoms with van der Waals surface area (Å²) >= 11 is 5.77. The molecule has 4 nitrogen and oxygen atoms in total. The highest BCUT2D eigenvalue weighted by molar-refractivity contribution is 6.31. The number of carbonyl (C=O) groups excluding carboxylic acids is 1. The van der Waals surface area contributed by atoms with Crippen molar-refractivity contribution < 1.29 is 9.53 Å². The lowest BCUT2D eigenvalue weighted by Crippen LogP contribution is -2.10. The van der Waals surface area contributed by atoms with Crippen LogP contribution in [0.2, 0.25) is 5.02 Å². The zero-order valence-electron chi connectivity index (χ0n) is 10.2. The molecule has 0 amide bonds. The molecule has 2 N–H and O–H groups in total. The number of nitrogen functional groups attached to an aromatic ring is 1. The van der Waals surface area contributed by atoms with E-state index in [4.69, 9.17) is 22.1 Å². The minimum Gasteiger partial charge on any atom is -0.462 e. The van der Waals surface area contributed by atoms with Crippen LogP contribution in [0.4, 0.5) is 5.69 Å². The summed E-state index contributed by atoms with van der Waals surface area (Å²) < 4.78 is 5.15. The van der Waals surface area contributed by atoms with Crippen LogP contribution in [0.15, 0.2) is 42.6 Å². The highest BCUT2D eigenvalue weighted by Gasteiger charge is 2.11. The van der Waals surface area contributed by atoms with Gasteiger partial charge in [0.1, 0.15) is 0 Å². The Bertz CT molecular complexity index is 573. The Morgan fingerprint density at radius 3 is 2.84 bits per heavy atom. The van der Waals surface area contributed by atoms with Crippen molar-refractivity contribution in [1.82, 2.24) is 4.98 Å². The summed E-state index contributed by atoms with van der Waals surface area (Å²) in [7, 11) is 0. The van der Waals surface area contributed by atoms with E-state index in [1.54, 1.807) is 18.3 Å². The van der Waals surface area contributed by atoms with Crippen LogP contribution < -0.4 is 5.73 Å². The zero-order chi connectivity index (χ0) is 13.7. The molecule has 0 unspecified atom stereocenters. The highest BCUT2D eigenvalue weighted by atomic mass is 35.5. The quantitative estimate of drug-likeness (QED) is 0.689. The molecule has 2 rings (SSSR count). The minimum absolute atomic E-state index is 0.262. The molecule has 0 spiro atoms. The van der Waals surface area contributed by atoms with E-state index < -0.39 is 5.97 Å². The van der Waals surface area contributed by atoms with Gasteiger partial charge < -0.3 is 10.5 Å². The summed E-state index contributed by atoms with van der Waals surface area (Å²) in [4.78, 5) is 15.9. The number of nitrogens with two attached hydrogens (primary N) is 1. The van der Waals surface area contributed by atoms with Crippen LogP contribution in [0.3, 0.4) is 0 Å². The van der Waals surface area contributed by atoms with Crippen molar-refractivity contribution >= 4 is 23.3 Å². The molecule has 0 atom stereocenters. The van der Waals surface area contributed by atoms with Crippen molar-refractivity contribution in [1.29, 1.82) is 0 Å². The lowest BCUT2D eigenvalue weighted by atomic mass is 10.2. The van der Waals surface area contributed by atoms with E-state index in [0.29, 0.717) is 22.7 Å². The second-order valence-corrected chi connectivity index (χ2v) is 4.38. The fourth-order valence-corrected chi connectivity index (χ4v) is 1.77. The van der Waals surface area contributed by atoms with E-state index in [1.165, 1.54) is 6.07 Å². The molecule has 98 valence electrons. The van der Waals surface area contributed by atoms with Crippen LogP contribution in [-0.4, -0.2) is 17.6 Å². The summed E-state index contributed by atoms with van der Waals surface area (Å²) in [6.45, 7) is 0.262. The van der Waals surface area contributed by atoms with Gasteiger partial charge in [0.05, 0.1) is 12.2 Å². The molecule has 0 bridgehead atoms. The number of esters is 1. The number of nitrogens with zero attached hydrogens (tertiary/aromatic N) is 1. The number of hydrogen-bond acceptors (Lipinski definition) is 4. The number of pyridine rings is 1. The molecule has 0 aliphatic rings. The Labute approximate surface area is 116 Å². The van der Waals surface area contributed by atoms with Crippen LogP contribution in [0, 0.1) is 0 Å². The molecular formula is C14H13ClN2O2. The van der Waals surface area contributed by atoms with Gasteiger partial charge in [0.2, 0.25) is 0 Å². The molecule has 1 aromatic carbocycles. The van der Waals surface area contributed by atoms with E-state index in [9.17, 15) is 4.79 Å². The van der Waals surface area contributed by atoms with Crippen molar-refractivity contribution in [2.45, 2.75) is 6.42 Å². The first-order valence-electron chi connectivity index (χ1n) is 5.79. The van der Waals surface area contributed by atoms with Crippen molar-refractivity contribution in [2.24, 2.45) is 0 Å². The summed E-state index contributed by atoms with van der Waals surface area (Å²) in [6, 6.07) is 10.3. The molecule has 0 fully saturated rings. The number of hydrogen-bond donors (Lipinski definition) is 1. The summed E-state index contributed by atoms with van der Waals surface area (Å²) in [5, 5.41) is 0.488. The third kappa shape index (κ3) is 3.69. The maximum atomic E-state index is 11.8. The molecule has 1 heterocycles. The maximum absolute atomic E-state index is 11.8. The number of halogens is 1. The fourth-order valence-electron chi connectivity index (χ4n) is 1.59. The monoisotopic (exact) mass is 276 g/mol. The topological polar surface area (TPSA) is 65.2 Å². The molecule has 0 aliphatic carbocycles. The molecule has 2 aromatic rings. The lowest BCUT2D eigenvalue weighted by molar-refractivity contribution is 0.0510. The normalized spacial score (nSPS) is 10.2. The Morgan fingerprint density at radius 1 is 1.32 bits per heavy atom. The average molecular weight is 277 g/mol. The van der Waals surface area contributed by atoms with Crippen molar-refractivity contribution in [3.8, 4) is 0 Å². The molecule has 0 saturated heterocycles. The molecule has 0 aliphatic heterocycles. The van der Waals surface area contributed by atoms with E-state index in [-0.39, 0.29) is 6.61 Å². The second kappa shape index (κ2) is 6.20. The zero-order valence-corrected chi connectivity index (χ0v) is 10.9. The van der Waals surface area contributed by atoms with Crippen LogP contribution in [0.5, 0.6) is 0 Å². The molecule has 5 heteroatoms. The van der Waals surface area contributed by atoms with Crippen molar-refractivity contribution in [3.63, 3.8) is 0 Å². The van der Waals surface area contributed by atoms with Crippen LogP contribution in [-0.2, 0) is 11.2 Å². The van der Waals surface area contributed by atoms with Gasteiger partial charge in [0.15, 0.2) is 0 Å². The van der Waals surface area contributed by atoms with Crippen LogP contribution >= 0.6 is 11.6 Å². The highest BCUT2D eigenvalue weighted by Crippen LogP contribution is 2.18. The number of rotatable bonds is 4. The Hall–Kier alpha value is -2.07. The van der Waals surface area contributed by atoms with E-state index in [2.05, 4.69) is 4.98 Å². The van der Waals surface area contributed by atoms with Gasteiger partial charge in [0.25, 0.3) is 0 Å². The molecule has 19 heavy (non-hydrogen) atoms. The Balaban J connectivity index is 1.91. The largest absolute Gasteiger partial charge is 0.462 e. The summed E-state index contributed by atoms with van der Waals surface area (Å²) in [5.41, 5.74) is 7.22.